The number of benzene rings is 1. The molecule has 0 aromatic heterocycles. The van der Waals surface area contributed by atoms with Gasteiger partial charge in [-0.2, -0.15) is 0 Å². The van der Waals surface area contributed by atoms with Crippen LogP contribution in [0.2, 0.25) is 0 Å². The van der Waals surface area contributed by atoms with Crippen molar-refractivity contribution in [3.63, 3.8) is 0 Å². The number of hydrogen-bond acceptors (Lipinski definition) is 3. The second kappa shape index (κ2) is 10.3. The highest BCUT2D eigenvalue weighted by Crippen LogP contribution is 2.12. The minimum Gasteiger partial charge on any atom is -0.491 e. The second-order valence-electron chi connectivity index (χ2n) is 5.03. The molecular weight excluding hydrogens is 250 g/mol. The van der Waals surface area contributed by atoms with E-state index in [1.54, 1.807) is 0 Å². The van der Waals surface area contributed by atoms with Crippen molar-refractivity contribution in [3.05, 3.63) is 29.8 Å². The molecule has 110 valence electrons. The van der Waals surface area contributed by atoms with E-state index in [-0.39, 0.29) is 0 Å². The summed E-state index contributed by atoms with van der Waals surface area (Å²) in [5.41, 5.74) is 6.27. The highest BCUT2D eigenvalue weighted by molar-refractivity contribution is 5.39. The lowest BCUT2D eigenvalue weighted by Crippen LogP contribution is -2.08. The molecule has 20 heavy (non-hydrogen) atoms. The third-order valence-electron chi connectivity index (χ3n) is 2.74. The monoisotopic (exact) mass is 275 g/mol. The van der Waals surface area contributed by atoms with E-state index in [4.69, 9.17) is 15.2 Å². The summed E-state index contributed by atoms with van der Waals surface area (Å²) in [5.74, 6) is 7.38. The van der Waals surface area contributed by atoms with E-state index >= 15 is 0 Å². The van der Waals surface area contributed by atoms with Crippen molar-refractivity contribution in [1.82, 2.24) is 0 Å². The molecule has 0 aliphatic carbocycles. The Labute approximate surface area is 122 Å². The molecule has 0 aliphatic rings. The predicted octanol–water partition coefficient (Wildman–Crippen LogP) is 2.83. The molecule has 0 amide bonds. The zero-order valence-electron chi connectivity index (χ0n) is 12.5. The first-order valence-electron chi connectivity index (χ1n) is 7.22. The predicted molar refractivity (Wildman–Crippen MR) is 82.8 cm³/mol. The van der Waals surface area contributed by atoms with Crippen LogP contribution in [0, 0.1) is 17.8 Å². The van der Waals surface area contributed by atoms with Crippen molar-refractivity contribution in [2.75, 3.05) is 26.4 Å². The van der Waals surface area contributed by atoms with Crippen LogP contribution in [0.15, 0.2) is 24.3 Å². The molecule has 1 aromatic carbocycles. The molecule has 0 fully saturated rings. The lowest BCUT2D eigenvalue weighted by Gasteiger charge is -2.08. The summed E-state index contributed by atoms with van der Waals surface area (Å²) in [4.78, 5) is 0. The van der Waals surface area contributed by atoms with Gasteiger partial charge < -0.3 is 15.2 Å². The lowest BCUT2D eigenvalue weighted by atomic mass is 10.1. The molecule has 2 N–H and O–H groups in total. The maximum atomic E-state index is 5.63. The molecular formula is C17H25NO2. The van der Waals surface area contributed by atoms with E-state index in [2.05, 4.69) is 25.7 Å². The van der Waals surface area contributed by atoms with E-state index in [9.17, 15) is 0 Å². The van der Waals surface area contributed by atoms with Crippen molar-refractivity contribution in [1.29, 1.82) is 0 Å². The first-order valence-corrected chi connectivity index (χ1v) is 7.22. The Kier molecular flexibility index (Phi) is 8.53. The van der Waals surface area contributed by atoms with Crippen LogP contribution in [0.3, 0.4) is 0 Å². The zero-order chi connectivity index (χ0) is 14.6. The third-order valence-corrected chi connectivity index (χ3v) is 2.74. The Balaban J connectivity index is 2.18. The number of hydrogen-bond donors (Lipinski definition) is 1. The van der Waals surface area contributed by atoms with Crippen molar-refractivity contribution in [2.24, 2.45) is 11.7 Å². The fraction of sp³-hybridized carbons (Fsp3) is 0.529. The Morgan fingerprint density at radius 1 is 1.20 bits per heavy atom. The van der Waals surface area contributed by atoms with E-state index in [1.165, 1.54) is 6.42 Å². The molecule has 3 heteroatoms. The molecule has 0 radical (unpaired) electrons. The lowest BCUT2D eigenvalue weighted by molar-refractivity contribution is 0.0957. The van der Waals surface area contributed by atoms with Crippen LogP contribution in [0.5, 0.6) is 5.75 Å². The van der Waals surface area contributed by atoms with Gasteiger partial charge in [0.25, 0.3) is 0 Å². The number of rotatable bonds is 8. The molecule has 0 bridgehead atoms. The first-order chi connectivity index (χ1) is 9.72. The Bertz CT molecular complexity index is 432. The van der Waals surface area contributed by atoms with E-state index in [1.807, 2.05) is 24.3 Å². The van der Waals surface area contributed by atoms with Crippen LogP contribution in [0.1, 0.15) is 32.3 Å². The van der Waals surface area contributed by atoms with Crippen LogP contribution in [-0.2, 0) is 4.74 Å². The largest absolute Gasteiger partial charge is 0.491 e. The highest BCUT2D eigenvalue weighted by atomic mass is 16.5. The summed E-state index contributed by atoms with van der Waals surface area (Å²) in [5, 5.41) is 0. The second-order valence-corrected chi connectivity index (χ2v) is 5.03. The molecule has 3 nitrogen and oxygen atoms in total. The maximum Gasteiger partial charge on any atom is 0.120 e. The number of ether oxygens (including phenoxy) is 2. The maximum absolute atomic E-state index is 5.63. The molecule has 0 heterocycles. The van der Waals surface area contributed by atoms with Gasteiger partial charge in [-0.05, 0) is 37.0 Å². The van der Waals surface area contributed by atoms with Crippen molar-refractivity contribution in [2.45, 2.75) is 26.7 Å². The SMILES string of the molecule is CC(C)CCCOCCOc1cccc(C#CCN)c1. The Morgan fingerprint density at radius 3 is 2.80 bits per heavy atom. The minimum absolute atomic E-state index is 0.370. The molecule has 0 atom stereocenters. The van der Waals surface area contributed by atoms with Gasteiger partial charge in [0.05, 0.1) is 13.2 Å². The first kappa shape index (κ1) is 16.6. The quantitative estimate of drug-likeness (QED) is 0.586. The van der Waals surface area contributed by atoms with Gasteiger partial charge >= 0.3 is 0 Å². The van der Waals surface area contributed by atoms with Crippen LogP contribution in [0.4, 0.5) is 0 Å². The van der Waals surface area contributed by atoms with Crippen LogP contribution >= 0.6 is 0 Å². The van der Waals surface area contributed by atoms with E-state index < -0.39 is 0 Å². The average molecular weight is 275 g/mol. The molecule has 0 saturated carbocycles. The third kappa shape index (κ3) is 7.83. The fourth-order valence-corrected chi connectivity index (χ4v) is 1.73. The van der Waals surface area contributed by atoms with Gasteiger partial charge in [0.2, 0.25) is 0 Å². The van der Waals surface area contributed by atoms with Gasteiger partial charge in [-0.25, -0.2) is 0 Å². The summed E-state index contributed by atoms with van der Waals surface area (Å²) < 4.78 is 11.2. The minimum atomic E-state index is 0.370. The molecule has 0 aliphatic heterocycles. The van der Waals surface area contributed by atoms with Gasteiger partial charge in [-0.1, -0.05) is 31.8 Å². The molecule has 0 unspecified atom stereocenters. The van der Waals surface area contributed by atoms with E-state index in [0.29, 0.717) is 19.8 Å². The molecule has 1 rings (SSSR count). The van der Waals surface area contributed by atoms with Gasteiger partial charge in [0.1, 0.15) is 12.4 Å². The van der Waals surface area contributed by atoms with Gasteiger partial charge in [-0.3, -0.25) is 0 Å². The summed E-state index contributed by atoms with van der Waals surface area (Å²) >= 11 is 0. The van der Waals surface area contributed by atoms with Crippen molar-refractivity contribution < 1.29 is 9.47 Å². The average Bonchev–Trinajstić information content (AvgIpc) is 2.44. The van der Waals surface area contributed by atoms with Crippen molar-refractivity contribution >= 4 is 0 Å². The summed E-state index contributed by atoms with van der Waals surface area (Å²) in [6.07, 6.45) is 2.32. The van der Waals surface area contributed by atoms with Gasteiger partial charge in [0, 0.05) is 12.2 Å². The van der Waals surface area contributed by atoms with Crippen LogP contribution in [0.25, 0.3) is 0 Å². The summed E-state index contributed by atoms with van der Waals surface area (Å²) in [6, 6.07) is 7.71. The van der Waals surface area contributed by atoms with Crippen LogP contribution in [-0.4, -0.2) is 26.4 Å². The highest BCUT2D eigenvalue weighted by Gasteiger charge is 1.97. The normalized spacial score (nSPS) is 10.2. The zero-order valence-corrected chi connectivity index (χ0v) is 12.5. The topological polar surface area (TPSA) is 44.5 Å². The van der Waals surface area contributed by atoms with E-state index in [0.717, 1.165) is 30.3 Å². The van der Waals surface area contributed by atoms with Crippen LogP contribution < -0.4 is 10.5 Å². The standard InChI is InChI=1S/C17H25NO2/c1-15(2)6-5-11-19-12-13-20-17-9-3-7-16(14-17)8-4-10-18/h3,7,9,14-15H,5-6,10-13,18H2,1-2H3. The summed E-state index contributed by atoms with van der Waals surface area (Å²) in [6.45, 7) is 6.82. The Morgan fingerprint density at radius 2 is 2.05 bits per heavy atom. The smallest absolute Gasteiger partial charge is 0.120 e. The molecule has 1 aromatic rings. The van der Waals surface area contributed by atoms with Gasteiger partial charge in [0.15, 0.2) is 0 Å². The Hall–Kier alpha value is -1.50. The molecule has 0 saturated heterocycles. The van der Waals surface area contributed by atoms with Gasteiger partial charge in [-0.15, -0.1) is 0 Å². The number of nitrogens with two attached hydrogens (primary N) is 1. The summed E-state index contributed by atoms with van der Waals surface area (Å²) in [7, 11) is 0. The molecule has 0 spiro atoms. The van der Waals surface area contributed by atoms with Crippen molar-refractivity contribution in [3.8, 4) is 17.6 Å². The fourth-order valence-electron chi connectivity index (χ4n) is 1.73.